The van der Waals surface area contributed by atoms with Crippen molar-refractivity contribution >= 4 is 0 Å². The Labute approximate surface area is 50.0 Å². The summed E-state index contributed by atoms with van der Waals surface area (Å²) in [7, 11) is 0. The summed E-state index contributed by atoms with van der Waals surface area (Å²) in [6, 6.07) is 0. The van der Waals surface area contributed by atoms with E-state index in [0.717, 1.165) is 5.57 Å². The zero-order valence-electron chi connectivity index (χ0n) is 5.18. The van der Waals surface area contributed by atoms with Gasteiger partial charge in [-0.2, -0.15) is 0 Å². The summed E-state index contributed by atoms with van der Waals surface area (Å²) < 4.78 is 0. The highest BCUT2D eigenvalue weighted by Crippen LogP contribution is 1.91. The molecule has 1 atom stereocenters. The third kappa shape index (κ3) is 3.45. The van der Waals surface area contributed by atoms with Crippen molar-refractivity contribution in [1.82, 2.24) is 0 Å². The molecule has 8 heavy (non-hydrogen) atoms. The largest absolute Gasteiger partial charge is 0.389 e. The van der Waals surface area contributed by atoms with Crippen LogP contribution >= 0.6 is 0 Å². The molecule has 0 aromatic rings. The standard InChI is InChI=1S/C7H10O/c1-4-6(2)5-7(3)8/h1,5,7-8H,2-3H3/b6-5-. The molecule has 0 aromatic heterocycles. The average molecular weight is 110 g/mol. The van der Waals surface area contributed by atoms with Crippen molar-refractivity contribution in [2.45, 2.75) is 20.0 Å². The maximum atomic E-state index is 8.68. The second kappa shape index (κ2) is 3.29. The van der Waals surface area contributed by atoms with Crippen LogP contribution in [0.2, 0.25) is 0 Å². The van der Waals surface area contributed by atoms with Gasteiger partial charge in [-0.25, -0.2) is 0 Å². The van der Waals surface area contributed by atoms with E-state index >= 15 is 0 Å². The van der Waals surface area contributed by atoms with Gasteiger partial charge >= 0.3 is 0 Å². The normalized spacial score (nSPS) is 15.0. The van der Waals surface area contributed by atoms with Gasteiger partial charge in [-0.05, 0) is 25.5 Å². The van der Waals surface area contributed by atoms with Crippen LogP contribution in [0.25, 0.3) is 0 Å². The molecule has 1 nitrogen and oxygen atoms in total. The van der Waals surface area contributed by atoms with E-state index in [4.69, 9.17) is 11.5 Å². The van der Waals surface area contributed by atoms with Gasteiger partial charge in [0.15, 0.2) is 0 Å². The number of terminal acetylenes is 1. The lowest BCUT2D eigenvalue weighted by Gasteiger charge is -1.92. The van der Waals surface area contributed by atoms with Crippen molar-refractivity contribution < 1.29 is 5.11 Å². The summed E-state index contributed by atoms with van der Waals surface area (Å²) in [6.45, 7) is 3.45. The maximum absolute atomic E-state index is 8.68. The number of allylic oxidation sites excluding steroid dienone is 1. The van der Waals surface area contributed by atoms with Crippen molar-refractivity contribution in [3.63, 3.8) is 0 Å². The van der Waals surface area contributed by atoms with E-state index < -0.39 is 6.10 Å². The first kappa shape index (κ1) is 7.26. The van der Waals surface area contributed by atoms with E-state index in [1.807, 2.05) is 0 Å². The molecular weight excluding hydrogens is 100 g/mol. The Hall–Kier alpha value is -0.740. The Morgan fingerprint density at radius 1 is 1.88 bits per heavy atom. The molecule has 0 aliphatic carbocycles. The van der Waals surface area contributed by atoms with Gasteiger partial charge < -0.3 is 5.11 Å². The molecule has 1 N–H and O–H groups in total. The molecule has 0 saturated carbocycles. The highest BCUT2D eigenvalue weighted by atomic mass is 16.3. The summed E-state index contributed by atoms with van der Waals surface area (Å²) in [4.78, 5) is 0. The fourth-order valence-corrected chi connectivity index (χ4v) is 0.410. The summed E-state index contributed by atoms with van der Waals surface area (Å²) in [5, 5.41) is 8.68. The smallest absolute Gasteiger partial charge is 0.0704 e. The maximum Gasteiger partial charge on any atom is 0.0704 e. The van der Waals surface area contributed by atoms with Crippen molar-refractivity contribution in [3.8, 4) is 12.3 Å². The van der Waals surface area contributed by atoms with E-state index in [-0.39, 0.29) is 0 Å². The van der Waals surface area contributed by atoms with Gasteiger partial charge in [0.2, 0.25) is 0 Å². The van der Waals surface area contributed by atoms with E-state index in [0.29, 0.717) is 0 Å². The number of hydrogen-bond donors (Lipinski definition) is 1. The zero-order chi connectivity index (χ0) is 6.57. The van der Waals surface area contributed by atoms with E-state index in [1.54, 1.807) is 19.9 Å². The van der Waals surface area contributed by atoms with Gasteiger partial charge in [0, 0.05) is 0 Å². The molecule has 0 saturated heterocycles. The number of hydrogen-bond acceptors (Lipinski definition) is 1. The molecule has 0 rings (SSSR count). The van der Waals surface area contributed by atoms with Gasteiger partial charge in [-0.15, -0.1) is 6.42 Å². The highest BCUT2D eigenvalue weighted by molar-refractivity contribution is 5.23. The van der Waals surface area contributed by atoms with Crippen molar-refractivity contribution in [2.24, 2.45) is 0 Å². The van der Waals surface area contributed by atoms with Crippen LogP contribution in [0.4, 0.5) is 0 Å². The van der Waals surface area contributed by atoms with Crippen molar-refractivity contribution in [2.75, 3.05) is 0 Å². The number of aliphatic hydroxyl groups excluding tert-OH is 1. The molecule has 44 valence electrons. The third-order valence-corrected chi connectivity index (χ3v) is 0.719. The van der Waals surface area contributed by atoms with Gasteiger partial charge in [0.1, 0.15) is 0 Å². The lowest BCUT2D eigenvalue weighted by molar-refractivity contribution is 0.243. The van der Waals surface area contributed by atoms with Crippen LogP contribution in [0.5, 0.6) is 0 Å². The first-order valence-corrected chi connectivity index (χ1v) is 2.50. The van der Waals surface area contributed by atoms with Crippen LogP contribution in [-0.4, -0.2) is 11.2 Å². The Morgan fingerprint density at radius 3 is 2.50 bits per heavy atom. The van der Waals surface area contributed by atoms with Crippen LogP contribution in [0.15, 0.2) is 11.6 Å². The van der Waals surface area contributed by atoms with Gasteiger partial charge in [0.05, 0.1) is 6.10 Å². The Kier molecular flexibility index (Phi) is 2.98. The van der Waals surface area contributed by atoms with Crippen LogP contribution in [0, 0.1) is 12.3 Å². The quantitative estimate of drug-likeness (QED) is 0.498. The molecule has 0 spiro atoms. The van der Waals surface area contributed by atoms with E-state index in [2.05, 4.69) is 5.92 Å². The first-order valence-electron chi connectivity index (χ1n) is 2.50. The minimum Gasteiger partial charge on any atom is -0.389 e. The summed E-state index contributed by atoms with van der Waals surface area (Å²) in [5.41, 5.74) is 0.778. The van der Waals surface area contributed by atoms with Crippen LogP contribution in [0.1, 0.15) is 13.8 Å². The van der Waals surface area contributed by atoms with Gasteiger partial charge in [-0.3, -0.25) is 0 Å². The molecule has 1 unspecified atom stereocenters. The molecule has 0 radical (unpaired) electrons. The van der Waals surface area contributed by atoms with Crippen molar-refractivity contribution in [3.05, 3.63) is 11.6 Å². The SMILES string of the molecule is C#C/C(C)=C\C(C)O. The minimum absolute atomic E-state index is 0.425. The molecular formula is C7H10O. The van der Waals surface area contributed by atoms with Crippen LogP contribution < -0.4 is 0 Å². The average Bonchev–Trinajstić information content (AvgIpc) is 1.65. The third-order valence-electron chi connectivity index (χ3n) is 0.719. The monoisotopic (exact) mass is 110 g/mol. The van der Waals surface area contributed by atoms with Crippen LogP contribution in [0.3, 0.4) is 0 Å². The Bertz CT molecular complexity index is 126. The zero-order valence-corrected chi connectivity index (χ0v) is 5.18. The predicted molar refractivity (Wildman–Crippen MR) is 34.3 cm³/mol. The van der Waals surface area contributed by atoms with E-state index in [9.17, 15) is 0 Å². The molecule has 0 aliphatic rings. The predicted octanol–water partition coefficient (Wildman–Crippen LogP) is 0.947. The number of aliphatic hydroxyl groups is 1. The second-order valence-corrected chi connectivity index (χ2v) is 1.73. The van der Waals surface area contributed by atoms with Crippen molar-refractivity contribution in [1.29, 1.82) is 0 Å². The van der Waals surface area contributed by atoms with E-state index in [1.165, 1.54) is 0 Å². The highest BCUT2D eigenvalue weighted by Gasteiger charge is 1.86. The topological polar surface area (TPSA) is 20.2 Å². The molecule has 0 amide bonds. The Balaban J connectivity index is 3.80. The molecule has 0 bridgehead atoms. The van der Waals surface area contributed by atoms with Gasteiger partial charge in [-0.1, -0.05) is 5.92 Å². The molecule has 0 aromatic carbocycles. The lowest BCUT2D eigenvalue weighted by Crippen LogP contribution is -1.92. The summed E-state index contributed by atoms with van der Waals surface area (Å²) in [6.07, 6.45) is 6.19. The van der Waals surface area contributed by atoms with Gasteiger partial charge in [0.25, 0.3) is 0 Å². The molecule has 0 aliphatic heterocycles. The fourth-order valence-electron chi connectivity index (χ4n) is 0.410. The minimum atomic E-state index is -0.425. The lowest BCUT2D eigenvalue weighted by atomic mass is 10.2. The fraction of sp³-hybridized carbons (Fsp3) is 0.429. The molecule has 0 heterocycles. The molecule has 0 fully saturated rings. The molecule has 1 heteroatoms. The summed E-state index contributed by atoms with van der Waals surface area (Å²) >= 11 is 0. The Morgan fingerprint density at radius 2 is 2.38 bits per heavy atom. The first-order chi connectivity index (χ1) is 3.66. The second-order valence-electron chi connectivity index (χ2n) is 1.73. The number of rotatable bonds is 1. The summed E-state index contributed by atoms with van der Waals surface area (Å²) in [5.74, 6) is 2.40. The van der Waals surface area contributed by atoms with Crippen LogP contribution in [-0.2, 0) is 0 Å².